The number of carbonyl (C=O) groups is 2. The minimum Gasteiger partial charge on any atom is -0.379 e. The molecule has 1 heterocycles. The molecule has 0 bridgehead atoms. The Hall–Kier alpha value is -1.96. The molecule has 1 aromatic carbocycles. The molecule has 2 rings (SSSR count). The van der Waals surface area contributed by atoms with Crippen LogP contribution in [0.2, 0.25) is 0 Å². The second-order valence-electron chi connectivity index (χ2n) is 5.69. The minimum atomic E-state index is -0.101. The standard InChI is InChI=1S/C17H26N4O3/c1-18-7-6-16(22)20-15-4-2-14(3-5-15)17(23)19-8-9-21-10-12-24-13-11-21/h2-5,18H,6-13H2,1H3,(H,19,23)(H,20,22). The Bertz CT molecular complexity index is 527. The molecule has 7 heteroatoms. The molecule has 0 aliphatic carbocycles. The van der Waals surface area contributed by atoms with E-state index in [1.165, 1.54) is 0 Å². The van der Waals surface area contributed by atoms with Gasteiger partial charge in [-0.15, -0.1) is 0 Å². The molecule has 3 N–H and O–H groups in total. The monoisotopic (exact) mass is 334 g/mol. The van der Waals surface area contributed by atoms with E-state index in [1.807, 2.05) is 0 Å². The van der Waals surface area contributed by atoms with Crippen LogP contribution in [0.25, 0.3) is 0 Å². The lowest BCUT2D eigenvalue weighted by atomic mass is 10.2. The third-order valence-corrected chi connectivity index (χ3v) is 3.85. The van der Waals surface area contributed by atoms with Gasteiger partial charge in [-0.05, 0) is 31.3 Å². The lowest BCUT2D eigenvalue weighted by Crippen LogP contribution is -2.41. The Kier molecular flexibility index (Phi) is 7.67. The molecule has 132 valence electrons. The molecule has 1 fully saturated rings. The van der Waals surface area contributed by atoms with Crippen molar-refractivity contribution in [3.05, 3.63) is 29.8 Å². The second-order valence-corrected chi connectivity index (χ2v) is 5.69. The van der Waals surface area contributed by atoms with Crippen LogP contribution >= 0.6 is 0 Å². The Morgan fingerprint density at radius 1 is 1.12 bits per heavy atom. The molecule has 24 heavy (non-hydrogen) atoms. The van der Waals surface area contributed by atoms with E-state index in [1.54, 1.807) is 31.3 Å². The molecule has 0 saturated carbocycles. The summed E-state index contributed by atoms with van der Waals surface area (Å²) in [5.41, 5.74) is 1.28. The maximum absolute atomic E-state index is 12.1. The highest BCUT2D eigenvalue weighted by atomic mass is 16.5. The second kappa shape index (κ2) is 10.0. The molecule has 0 unspecified atom stereocenters. The molecule has 1 aliphatic heterocycles. The highest BCUT2D eigenvalue weighted by molar-refractivity contribution is 5.95. The summed E-state index contributed by atoms with van der Waals surface area (Å²) >= 11 is 0. The predicted molar refractivity (Wildman–Crippen MR) is 93.2 cm³/mol. The first-order valence-corrected chi connectivity index (χ1v) is 8.32. The summed E-state index contributed by atoms with van der Waals surface area (Å²) in [5, 5.41) is 8.64. The fourth-order valence-electron chi connectivity index (χ4n) is 2.42. The summed E-state index contributed by atoms with van der Waals surface area (Å²) in [4.78, 5) is 26.0. The SMILES string of the molecule is CNCCC(=O)Nc1ccc(C(=O)NCCN2CCOCC2)cc1. The van der Waals surface area contributed by atoms with Gasteiger partial charge in [-0.25, -0.2) is 0 Å². The van der Waals surface area contributed by atoms with Gasteiger partial charge >= 0.3 is 0 Å². The van der Waals surface area contributed by atoms with Crippen molar-refractivity contribution in [1.82, 2.24) is 15.5 Å². The maximum Gasteiger partial charge on any atom is 0.251 e. The highest BCUT2D eigenvalue weighted by Gasteiger charge is 2.11. The summed E-state index contributed by atoms with van der Waals surface area (Å²) in [6, 6.07) is 6.93. The summed E-state index contributed by atoms with van der Waals surface area (Å²) in [7, 11) is 1.81. The van der Waals surface area contributed by atoms with Crippen LogP contribution in [0, 0.1) is 0 Å². The zero-order valence-corrected chi connectivity index (χ0v) is 14.1. The number of amides is 2. The summed E-state index contributed by atoms with van der Waals surface area (Å²) in [5.74, 6) is -0.150. The van der Waals surface area contributed by atoms with Crippen molar-refractivity contribution >= 4 is 17.5 Å². The minimum absolute atomic E-state index is 0.0490. The number of nitrogens with one attached hydrogen (secondary N) is 3. The average Bonchev–Trinajstić information content (AvgIpc) is 2.61. The zero-order valence-electron chi connectivity index (χ0n) is 14.1. The number of morpholine rings is 1. The van der Waals surface area contributed by atoms with Crippen molar-refractivity contribution < 1.29 is 14.3 Å². The largest absolute Gasteiger partial charge is 0.379 e. The van der Waals surface area contributed by atoms with E-state index in [4.69, 9.17) is 4.74 Å². The van der Waals surface area contributed by atoms with E-state index < -0.39 is 0 Å². The van der Waals surface area contributed by atoms with Crippen molar-refractivity contribution in [1.29, 1.82) is 0 Å². The molecule has 0 radical (unpaired) electrons. The number of carbonyl (C=O) groups excluding carboxylic acids is 2. The molecule has 0 spiro atoms. The van der Waals surface area contributed by atoms with Gasteiger partial charge < -0.3 is 20.7 Å². The van der Waals surface area contributed by atoms with Gasteiger partial charge in [0.05, 0.1) is 13.2 Å². The smallest absolute Gasteiger partial charge is 0.251 e. The van der Waals surface area contributed by atoms with Crippen LogP contribution in [0.15, 0.2) is 24.3 Å². The van der Waals surface area contributed by atoms with Gasteiger partial charge in [0, 0.05) is 50.4 Å². The molecule has 0 aromatic heterocycles. The van der Waals surface area contributed by atoms with Gasteiger partial charge in [-0.2, -0.15) is 0 Å². The number of rotatable bonds is 8. The van der Waals surface area contributed by atoms with Crippen LogP contribution < -0.4 is 16.0 Å². The molecular weight excluding hydrogens is 308 g/mol. The molecule has 1 aromatic rings. The van der Waals surface area contributed by atoms with Gasteiger partial charge in [0.2, 0.25) is 5.91 Å². The number of benzene rings is 1. The number of nitrogens with zero attached hydrogens (tertiary/aromatic N) is 1. The fourth-order valence-corrected chi connectivity index (χ4v) is 2.42. The van der Waals surface area contributed by atoms with E-state index >= 15 is 0 Å². The Morgan fingerprint density at radius 2 is 1.83 bits per heavy atom. The quantitative estimate of drug-likeness (QED) is 0.637. The lowest BCUT2D eigenvalue weighted by molar-refractivity contribution is -0.116. The van der Waals surface area contributed by atoms with Crippen LogP contribution in [0.4, 0.5) is 5.69 Å². The van der Waals surface area contributed by atoms with E-state index in [9.17, 15) is 9.59 Å². The summed E-state index contributed by atoms with van der Waals surface area (Å²) in [6.07, 6.45) is 0.417. The van der Waals surface area contributed by atoms with Crippen LogP contribution in [-0.2, 0) is 9.53 Å². The van der Waals surface area contributed by atoms with Gasteiger partial charge in [0.25, 0.3) is 5.91 Å². The number of hydrogen-bond acceptors (Lipinski definition) is 5. The van der Waals surface area contributed by atoms with Crippen molar-refractivity contribution in [2.45, 2.75) is 6.42 Å². The van der Waals surface area contributed by atoms with Crippen molar-refractivity contribution in [2.75, 3.05) is 58.3 Å². The fraction of sp³-hybridized carbons (Fsp3) is 0.529. The molecular formula is C17H26N4O3. The van der Waals surface area contributed by atoms with Crippen molar-refractivity contribution in [3.8, 4) is 0 Å². The Morgan fingerprint density at radius 3 is 2.50 bits per heavy atom. The van der Waals surface area contributed by atoms with E-state index in [-0.39, 0.29) is 11.8 Å². The normalized spacial score (nSPS) is 15.0. The van der Waals surface area contributed by atoms with Crippen LogP contribution in [0.1, 0.15) is 16.8 Å². The molecule has 7 nitrogen and oxygen atoms in total. The lowest BCUT2D eigenvalue weighted by Gasteiger charge is -2.26. The number of anilines is 1. The van der Waals surface area contributed by atoms with Gasteiger partial charge in [0.15, 0.2) is 0 Å². The topological polar surface area (TPSA) is 82.7 Å². The number of ether oxygens (including phenoxy) is 1. The summed E-state index contributed by atoms with van der Waals surface area (Å²) in [6.45, 7) is 5.42. The number of hydrogen-bond donors (Lipinski definition) is 3. The van der Waals surface area contributed by atoms with Gasteiger partial charge in [-0.1, -0.05) is 0 Å². The molecule has 2 amide bonds. The molecule has 1 saturated heterocycles. The highest BCUT2D eigenvalue weighted by Crippen LogP contribution is 2.10. The Labute approximate surface area is 142 Å². The molecule has 1 aliphatic rings. The van der Waals surface area contributed by atoms with Crippen molar-refractivity contribution in [3.63, 3.8) is 0 Å². The third kappa shape index (κ3) is 6.27. The van der Waals surface area contributed by atoms with Gasteiger partial charge in [0.1, 0.15) is 0 Å². The first kappa shape index (κ1) is 18.4. The third-order valence-electron chi connectivity index (χ3n) is 3.85. The van der Waals surface area contributed by atoms with Crippen LogP contribution in [0.5, 0.6) is 0 Å². The van der Waals surface area contributed by atoms with Crippen LogP contribution in [0.3, 0.4) is 0 Å². The van der Waals surface area contributed by atoms with Gasteiger partial charge in [-0.3, -0.25) is 14.5 Å². The van der Waals surface area contributed by atoms with E-state index in [2.05, 4.69) is 20.9 Å². The van der Waals surface area contributed by atoms with E-state index in [0.717, 1.165) is 32.8 Å². The predicted octanol–water partition coefficient (Wildman–Crippen LogP) is 0.297. The Balaban J connectivity index is 1.73. The average molecular weight is 334 g/mol. The maximum atomic E-state index is 12.1. The first-order valence-electron chi connectivity index (χ1n) is 8.32. The van der Waals surface area contributed by atoms with E-state index in [0.29, 0.717) is 30.8 Å². The summed E-state index contributed by atoms with van der Waals surface area (Å²) < 4.78 is 5.29. The zero-order chi connectivity index (χ0) is 17.2. The molecule has 0 atom stereocenters. The van der Waals surface area contributed by atoms with Crippen LogP contribution in [-0.4, -0.2) is 69.7 Å². The first-order chi connectivity index (χ1) is 11.7. The van der Waals surface area contributed by atoms with Crippen molar-refractivity contribution in [2.24, 2.45) is 0 Å².